The van der Waals surface area contributed by atoms with Gasteiger partial charge in [0.2, 0.25) is 10.0 Å². The smallest absolute Gasteiger partial charge is 0.314 e. The molecule has 0 saturated heterocycles. The summed E-state index contributed by atoms with van der Waals surface area (Å²) >= 11 is 0. The Hall–Kier alpha value is -1.40. The molecule has 1 unspecified atom stereocenters. The topological polar surface area (TPSA) is 83.5 Å². The summed E-state index contributed by atoms with van der Waals surface area (Å²) in [5, 5.41) is 9.53. The first-order valence-electron chi connectivity index (χ1n) is 6.05. The van der Waals surface area contributed by atoms with Gasteiger partial charge in [-0.1, -0.05) is 37.3 Å². The van der Waals surface area contributed by atoms with E-state index in [1.807, 2.05) is 6.07 Å². The molecule has 0 aromatic heterocycles. The maximum Gasteiger partial charge on any atom is 0.314 e. The monoisotopic (exact) mass is 285 g/mol. The highest BCUT2D eigenvalue weighted by Crippen LogP contribution is 2.31. The molecule has 0 saturated carbocycles. The standard InChI is InChI=1S/C13H19NO4S/c1-3-13(12(15)16,9-10-14-19(2,17)18)11-7-5-4-6-8-11/h4-8,14H,3,9-10H2,1-2H3,(H,15,16). The van der Waals surface area contributed by atoms with Gasteiger partial charge in [-0.3, -0.25) is 4.79 Å². The quantitative estimate of drug-likeness (QED) is 0.792. The summed E-state index contributed by atoms with van der Waals surface area (Å²) in [6.07, 6.45) is 1.68. The molecule has 0 bridgehead atoms. The molecule has 0 aliphatic carbocycles. The van der Waals surface area contributed by atoms with Crippen LogP contribution in [-0.2, 0) is 20.2 Å². The zero-order chi connectivity index (χ0) is 14.5. The number of sulfonamides is 1. The van der Waals surface area contributed by atoms with E-state index in [2.05, 4.69) is 4.72 Å². The zero-order valence-corrected chi connectivity index (χ0v) is 11.9. The van der Waals surface area contributed by atoms with Crippen LogP contribution in [0.2, 0.25) is 0 Å². The van der Waals surface area contributed by atoms with Crippen LogP contribution in [0.1, 0.15) is 25.3 Å². The summed E-state index contributed by atoms with van der Waals surface area (Å²) in [6.45, 7) is 1.90. The molecule has 106 valence electrons. The van der Waals surface area contributed by atoms with Crippen LogP contribution >= 0.6 is 0 Å². The molecule has 1 rings (SSSR count). The number of aliphatic carboxylic acids is 1. The highest BCUT2D eigenvalue weighted by molar-refractivity contribution is 7.88. The molecule has 1 atom stereocenters. The maximum absolute atomic E-state index is 11.6. The van der Waals surface area contributed by atoms with Crippen molar-refractivity contribution in [2.75, 3.05) is 12.8 Å². The Bertz CT molecular complexity index is 527. The Kier molecular flexibility index (Phi) is 5.08. The van der Waals surface area contributed by atoms with E-state index in [0.717, 1.165) is 6.26 Å². The number of carboxylic acid groups (broad SMARTS) is 1. The molecule has 6 heteroatoms. The van der Waals surface area contributed by atoms with Crippen LogP contribution in [0.15, 0.2) is 30.3 Å². The fourth-order valence-corrected chi connectivity index (χ4v) is 2.59. The average molecular weight is 285 g/mol. The fourth-order valence-electron chi connectivity index (χ4n) is 2.11. The molecule has 5 nitrogen and oxygen atoms in total. The van der Waals surface area contributed by atoms with Crippen molar-refractivity contribution in [3.05, 3.63) is 35.9 Å². The van der Waals surface area contributed by atoms with Crippen molar-refractivity contribution in [2.24, 2.45) is 0 Å². The lowest BCUT2D eigenvalue weighted by atomic mass is 9.75. The van der Waals surface area contributed by atoms with Crippen molar-refractivity contribution >= 4 is 16.0 Å². The van der Waals surface area contributed by atoms with Crippen LogP contribution in [0.4, 0.5) is 0 Å². The number of benzene rings is 1. The first-order chi connectivity index (χ1) is 8.82. The average Bonchev–Trinajstić information content (AvgIpc) is 2.34. The summed E-state index contributed by atoms with van der Waals surface area (Å²) in [4.78, 5) is 11.6. The Morgan fingerprint density at radius 2 is 1.89 bits per heavy atom. The summed E-state index contributed by atoms with van der Waals surface area (Å²) in [5.74, 6) is -0.934. The van der Waals surface area contributed by atoms with Crippen molar-refractivity contribution in [2.45, 2.75) is 25.2 Å². The van der Waals surface area contributed by atoms with Gasteiger partial charge in [-0.05, 0) is 18.4 Å². The van der Waals surface area contributed by atoms with Crippen molar-refractivity contribution in [3.8, 4) is 0 Å². The van der Waals surface area contributed by atoms with Crippen LogP contribution in [-0.4, -0.2) is 32.3 Å². The highest BCUT2D eigenvalue weighted by Gasteiger charge is 2.38. The Morgan fingerprint density at radius 1 is 1.32 bits per heavy atom. The number of hydrogen-bond donors (Lipinski definition) is 2. The van der Waals surface area contributed by atoms with E-state index in [1.54, 1.807) is 31.2 Å². The molecule has 0 amide bonds. The minimum absolute atomic E-state index is 0.105. The summed E-state index contributed by atoms with van der Waals surface area (Å²) < 4.78 is 24.5. The lowest BCUT2D eigenvalue weighted by molar-refractivity contribution is -0.144. The molecule has 2 N–H and O–H groups in total. The SMILES string of the molecule is CCC(CCNS(C)(=O)=O)(C(=O)O)c1ccccc1. The number of carbonyl (C=O) groups is 1. The van der Waals surface area contributed by atoms with E-state index in [-0.39, 0.29) is 13.0 Å². The number of carboxylic acids is 1. The third kappa shape index (κ3) is 4.04. The highest BCUT2D eigenvalue weighted by atomic mass is 32.2. The van der Waals surface area contributed by atoms with E-state index < -0.39 is 21.4 Å². The third-order valence-corrected chi connectivity index (χ3v) is 3.98. The van der Waals surface area contributed by atoms with Crippen LogP contribution in [0.25, 0.3) is 0 Å². The number of rotatable bonds is 7. The van der Waals surface area contributed by atoms with Crippen LogP contribution in [0.3, 0.4) is 0 Å². The van der Waals surface area contributed by atoms with Gasteiger partial charge in [0.05, 0.1) is 11.7 Å². The number of hydrogen-bond acceptors (Lipinski definition) is 3. The first-order valence-corrected chi connectivity index (χ1v) is 7.94. The lowest BCUT2D eigenvalue weighted by Gasteiger charge is -2.28. The second-order valence-electron chi connectivity index (χ2n) is 4.52. The molecule has 0 radical (unpaired) electrons. The zero-order valence-electron chi connectivity index (χ0n) is 11.1. The van der Waals surface area contributed by atoms with Crippen molar-refractivity contribution in [1.82, 2.24) is 4.72 Å². The summed E-state index contributed by atoms with van der Waals surface area (Å²) in [7, 11) is -3.31. The molecule has 1 aromatic rings. The predicted octanol–water partition coefficient (Wildman–Crippen LogP) is 1.36. The van der Waals surface area contributed by atoms with E-state index in [0.29, 0.717) is 12.0 Å². The predicted molar refractivity (Wildman–Crippen MR) is 73.5 cm³/mol. The van der Waals surface area contributed by atoms with E-state index >= 15 is 0 Å². The molecule has 1 aromatic carbocycles. The second-order valence-corrected chi connectivity index (χ2v) is 6.36. The summed E-state index contributed by atoms with van der Waals surface area (Å²) in [5.41, 5.74) is -0.362. The van der Waals surface area contributed by atoms with Gasteiger partial charge < -0.3 is 5.11 Å². The Labute approximate surface area is 113 Å². The van der Waals surface area contributed by atoms with Crippen molar-refractivity contribution in [1.29, 1.82) is 0 Å². The van der Waals surface area contributed by atoms with Crippen molar-refractivity contribution < 1.29 is 18.3 Å². The summed E-state index contributed by atoms with van der Waals surface area (Å²) in [6, 6.07) is 8.91. The van der Waals surface area contributed by atoms with Crippen LogP contribution in [0.5, 0.6) is 0 Å². The van der Waals surface area contributed by atoms with Gasteiger partial charge in [-0.25, -0.2) is 13.1 Å². The van der Waals surface area contributed by atoms with E-state index in [9.17, 15) is 18.3 Å². The van der Waals surface area contributed by atoms with Crippen LogP contribution < -0.4 is 4.72 Å². The lowest BCUT2D eigenvalue weighted by Crippen LogP contribution is -2.39. The van der Waals surface area contributed by atoms with Gasteiger partial charge in [-0.2, -0.15) is 0 Å². The molecule has 0 fully saturated rings. The minimum atomic E-state index is -3.31. The van der Waals surface area contributed by atoms with Crippen LogP contribution in [0, 0.1) is 0 Å². The third-order valence-electron chi connectivity index (χ3n) is 3.26. The second kappa shape index (κ2) is 6.16. The van der Waals surface area contributed by atoms with Gasteiger partial charge in [0.15, 0.2) is 0 Å². The van der Waals surface area contributed by atoms with Gasteiger partial charge in [-0.15, -0.1) is 0 Å². The molecule has 0 aliphatic heterocycles. The van der Waals surface area contributed by atoms with Crippen molar-refractivity contribution in [3.63, 3.8) is 0 Å². The molecule has 0 heterocycles. The van der Waals surface area contributed by atoms with Gasteiger partial charge in [0.1, 0.15) is 0 Å². The normalized spacial score (nSPS) is 14.8. The minimum Gasteiger partial charge on any atom is -0.481 e. The van der Waals surface area contributed by atoms with E-state index in [1.165, 1.54) is 0 Å². The van der Waals surface area contributed by atoms with Gasteiger partial charge in [0.25, 0.3) is 0 Å². The molecule has 0 aliphatic rings. The number of nitrogens with one attached hydrogen (secondary N) is 1. The Morgan fingerprint density at radius 3 is 2.32 bits per heavy atom. The first kappa shape index (κ1) is 15.7. The molecule has 0 spiro atoms. The largest absolute Gasteiger partial charge is 0.481 e. The van der Waals surface area contributed by atoms with Gasteiger partial charge >= 0.3 is 5.97 Å². The maximum atomic E-state index is 11.6. The molecular weight excluding hydrogens is 266 g/mol. The molecular formula is C13H19NO4S. The fraction of sp³-hybridized carbons (Fsp3) is 0.462. The van der Waals surface area contributed by atoms with Gasteiger partial charge in [0, 0.05) is 6.54 Å². The molecule has 19 heavy (non-hydrogen) atoms. The van der Waals surface area contributed by atoms with E-state index in [4.69, 9.17) is 0 Å². The Balaban J connectivity index is 2.98.